The number of rotatable bonds is 3. The second-order valence-corrected chi connectivity index (χ2v) is 5.86. The third-order valence-electron chi connectivity index (χ3n) is 2.30. The van der Waals surface area contributed by atoms with E-state index in [0.717, 1.165) is 13.0 Å². The summed E-state index contributed by atoms with van der Waals surface area (Å²) in [5, 5.41) is 19.5. The largest absolute Gasteiger partial charge is 0.507 e. The molecular formula is C11H9Cl3O5. The number of aromatic hydroxyl groups is 2. The Bertz CT molecular complexity index is 548. The molecule has 0 aliphatic carbocycles. The van der Waals surface area contributed by atoms with Crippen molar-refractivity contribution in [2.75, 3.05) is 7.11 Å². The van der Waals surface area contributed by atoms with Gasteiger partial charge in [0.1, 0.15) is 28.4 Å². The molecule has 1 aromatic carbocycles. The molecule has 0 spiro atoms. The maximum Gasteiger partial charge on any atom is 0.253 e. The zero-order chi connectivity index (χ0) is 15.0. The van der Waals surface area contributed by atoms with Crippen molar-refractivity contribution in [1.29, 1.82) is 0 Å². The maximum atomic E-state index is 11.9. The molecule has 0 aromatic heterocycles. The lowest BCUT2D eigenvalue weighted by molar-refractivity contribution is 0.0990. The van der Waals surface area contributed by atoms with E-state index in [1.54, 1.807) is 0 Å². The molecule has 0 amide bonds. The SMILES string of the molecule is COc1cc(O)c(C(C)=O)c(O)c1C(=O)C(Cl)(Cl)Cl. The molecule has 0 atom stereocenters. The summed E-state index contributed by atoms with van der Waals surface area (Å²) in [5.74, 6) is -3.27. The molecule has 5 nitrogen and oxygen atoms in total. The summed E-state index contributed by atoms with van der Waals surface area (Å²) in [5.41, 5.74) is -0.927. The van der Waals surface area contributed by atoms with Gasteiger partial charge >= 0.3 is 0 Å². The minimum Gasteiger partial charge on any atom is -0.507 e. The summed E-state index contributed by atoms with van der Waals surface area (Å²) < 4.78 is 2.49. The molecule has 0 saturated carbocycles. The minimum absolute atomic E-state index is 0.212. The first-order chi connectivity index (χ1) is 8.61. The Hall–Kier alpha value is -1.17. The van der Waals surface area contributed by atoms with E-state index in [0.29, 0.717) is 0 Å². The number of benzene rings is 1. The summed E-state index contributed by atoms with van der Waals surface area (Å²) in [6.07, 6.45) is 0. The Morgan fingerprint density at radius 1 is 1.21 bits per heavy atom. The van der Waals surface area contributed by atoms with Crippen LogP contribution in [0.3, 0.4) is 0 Å². The lowest BCUT2D eigenvalue weighted by Gasteiger charge is -2.16. The third-order valence-corrected chi connectivity index (χ3v) is 2.82. The summed E-state index contributed by atoms with van der Waals surface area (Å²) in [6, 6.07) is 0.986. The molecule has 19 heavy (non-hydrogen) atoms. The van der Waals surface area contributed by atoms with Crippen LogP contribution in [0, 0.1) is 0 Å². The van der Waals surface area contributed by atoms with Crippen LogP contribution in [0.4, 0.5) is 0 Å². The van der Waals surface area contributed by atoms with Crippen LogP contribution in [-0.2, 0) is 0 Å². The lowest BCUT2D eigenvalue weighted by Crippen LogP contribution is -2.20. The maximum absolute atomic E-state index is 11.9. The highest BCUT2D eigenvalue weighted by molar-refractivity contribution is 6.77. The monoisotopic (exact) mass is 326 g/mol. The van der Waals surface area contributed by atoms with Crippen molar-refractivity contribution in [3.63, 3.8) is 0 Å². The van der Waals surface area contributed by atoms with Crippen molar-refractivity contribution in [3.05, 3.63) is 17.2 Å². The Morgan fingerprint density at radius 3 is 2.11 bits per heavy atom. The van der Waals surface area contributed by atoms with Gasteiger partial charge in [-0.15, -0.1) is 0 Å². The minimum atomic E-state index is -2.34. The van der Waals surface area contributed by atoms with Crippen molar-refractivity contribution >= 4 is 46.4 Å². The van der Waals surface area contributed by atoms with Gasteiger partial charge in [0.05, 0.1) is 7.11 Å². The molecule has 104 valence electrons. The number of carbonyl (C=O) groups is 2. The first-order valence-corrected chi connectivity index (χ1v) is 6.00. The van der Waals surface area contributed by atoms with E-state index in [9.17, 15) is 19.8 Å². The molecule has 0 unspecified atom stereocenters. The van der Waals surface area contributed by atoms with E-state index in [4.69, 9.17) is 39.5 Å². The van der Waals surface area contributed by atoms with Crippen molar-refractivity contribution in [2.24, 2.45) is 0 Å². The normalized spacial score (nSPS) is 11.2. The van der Waals surface area contributed by atoms with E-state index < -0.39 is 38.0 Å². The van der Waals surface area contributed by atoms with Crippen molar-refractivity contribution in [3.8, 4) is 17.2 Å². The number of phenols is 2. The van der Waals surface area contributed by atoms with Gasteiger partial charge in [0.15, 0.2) is 5.78 Å². The standard InChI is InChI=1S/C11H9Cl3O5/c1-4(15)7-5(16)3-6(19-2)8(9(7)17)10(18)11(12,13)14/h3,16-17H,1-2H3. The number of ketones is 2. The molecule has 0 fully saturated rings. The van der Waals surface area contributed by atoms with Gasteiger partial charge in [0.25, 0.3) is 3.79 Å². The van der Waals surface area contributed by atoms with Gasteiger partial charge in [0.2, 0.25) is 5.78 Å². The Kier molecular flexibility index (Phi) is 4.55. The molecule has 0 aliphatic heterocycles. The van der Waals surface area contributed by atoms with E-state index in [1.807, 2.05) is 0 Å². The molecular weight excluding hydrogens is 318 g/mol. The molecule has 0 saturated heterocycles. The van der Waals surface area contributed by atoms with E-state index in [-0.39, 0.29) is 5.75 Å². The molecule has 0 aliphatic rings. The first kappa shape index (κ1) is 15.9. The van der Waals surface area contributed by atoms with E-state index >= 15 is 0 Å². The Balaban J connectivity index is 3.67. The van der Waals surface area contributed by atoms with E-state index in [2.05, 4.69) is 0 Å². The number of halogens is 3. The van der Waals surface area contributed by atoms with Crippen molar-refractivity contribution in [2.45, 2.75) is 10.7 Å². The topological polar surface area (TPSA) is 83.8 Å². The molecule has 1 rings (SSSR count). The molecule has 1 aromatic rings. The van der Waals surface area contributed by atoms with Gasteiger partial charge in [-0.05, 0) is 6.92 Å². The predicted octanol–water partition coefficient (Wildman–Crippen LogP) is 2.86. The zero-order valence-electron chi connectivity index (χ0n) is 9.83. The number of methoxy groups -OCH3 is 1. The lowest BCUT2D eigenvalue weighted by atomic mass is 10.0. The molecule has 8 heteroatoms. The van der Waals surface area contributed by atoms with Gasteiger partial charge in [-0.1, -0.05) is 34.8 Å². The highest BCUT2D eigenvalue weighted by Gasteiger charge is 2.37. The summed E-state index contributed by atoms with van der Waals surface area (Å²) in [6.45, 7) is 1.10. The second kappa shape index (κ2) is 5.45. The van der Waals surface area contributed by atoms with Gasteiger partial charge in [-0.3, -0.25) is 9.59 Å². The number of alkyl halides is 3. The first-order valence-electron chi connectivity index (χ1n) is 4.86. The smallest absolute Gasteiger partial charge is 0.253 e. The highest BCUT2D eigenvalue weighted by atomic mass is 35.6. The van der Waals surface area contributed by atoms with Gasteiger partial charge < -0.3 is 14.9 Å². The van der Waals surface area contributed by atoms with Crippen LogP contribution < -0.4 is 4.74 Å². The molecule has 0 heterocycles. The van der Waals surface area contributed by atoms with Crippen LogP contribution in [0.1, 0.15) is 27.6 Å². The van der Waals surface area contributed by atoms with Gasteiger partial charge in [0, 0.05) is 6.07 Å². The third kappa shape index (κ3) is 3.05. The second-order valence-electron chi connectivity index (χ2n) is 3.58. The van der Waals surface area contributed by atoms with Gasteiger partial charge in [-0.2, -0.15) is 0 Å². The van der Waals surface area contributed by atoms with Crippen molar-refractivity contribution < 1.29 is 24.5 Å². The van der Waals surface area contributed by atoms with Crippen LogP contribution in [-0.4, -0.2) is 32.7 Å². The fourth-order valence-electron chi connectivity index (χ4n) is 1.50. The van der Waals surface area contributed by atoms with Crippen LogP contribution in [0.15, 0.2) is 6.07 Å². The Labute approximate surface area is 123 Å². The zero-order valence-corrected chi connectivity index (χ0v) is 12.1. The number of hydrogen-bond donors (Lipinski definition) is 2. The number of ether oxygens (including phenoxy) is 1. The highest BCUT2D eigenvalue weighted by Crippen LogP contribution is 2.42. The van der Waals surface area contributed by atoms with Crippen LogP contribution in [0.2, 0.25) is 0 Å². The predicted molar refractivity (Wildman–Crippen MR) is 70.9 cm³/mol. The number of carbonyl (C=O) groups excluding carboxylic acids is 2. The molecule has 0 radical (unpaired) electrons. The summed E-state index contributed by atoms with van der Waals surface area (Å²) in [7, 11) is 1.19. The molecule has 2 N–H and O–H groups in total. The summed E-state index contributed by atoms with van der Waals surface area (Å²) >= 11 is 16.4. The van der Waals surface area contributed by atoms with Crippen LogP contribution >= 0.6 is 34.8 Å². The number of phenolic OH excluding ortho intramolecular Hbond substituents is 2. The van der Waals surface area contributed by atoms with E-state index in [1.165, 1.54) is 7.11 Å². The average molecular weight is 328 g/mol. The fraction of sp³-hybridized carbons (Fsp3) is 0.273. The van der Waals surface area contributed by atoms with Crippen LogP contribution in [0.25, 0.3) is 0 Å². The van der Waals surface area contributed by atoms with Gasteiger partial charge in [-0.25, -0.2) is 0 Å². The fourth-order valence-corrected chi connectivity index (χ4v) is 1.78. The Morgan fingerprint density at radius 2 is 1.74 bits per heavy atom. The average Bonchev–Trinajstić information content (AvgIpc) is 2.25. The number of Topliss-reactive ketones (excluding diaryl/α,β-unsaturated/α-hetero) is 2. The van der Waals surface area contributed by atoms with Crippen LogP contribution in [0.5, 0.6) is 17.2 Å². The number of hydrogen-bond acceptors (Lipinski definition) is 5. The quantitative estimate of drug-likeness (QED) is 0.659. The van der Waals surface area contributed by atoms with Crippen molar-refractivity contribution in [1.82, 2.24) is 0 Å². The molecule has 0 bridgehead atoms. The summed E-state index contributed by atoms with van der Waals surface area (Å²) in [4.78, 5) is 23.3.